The SMILES string of the molecule is Cc1sc(C=O)nc1-c1cnn2cc(C3C=NN(C)C3)ccc12. The number of aryl methyl sites for hydroxylation is 1. The van der Waals surface area contributed by atoms with Gasteiger partial charge in [0.1, 0.15) is 0 Å². The zero-order chi connectivity index (χ0) is 16.0. The highest BCUT2D eigenvalue weighted by Gasteiger charge is 2.19. The van der Waals surface area contributed by atoms with E-state index in [1.54, 1.807) is 0 Å². The summed E-state index contributed by atoms with van der Waals surface area (Å²) in [5.74, 6) is 0.291. The molecule has 23 heavy (non-hydrogen) atoms. The number of thiazole rings is 1. The van der Waals surface area contributed by atoms with Crippen molar-refractivity contribution < 1.29 is 4.79 Å². The average molecular weight is 325 g/mol. The third-order valence-electron chi connectivity index (χ3n) is 4.04. The summed E-state index contributed by atoms with van der Waals surface area (Å²) in [5, 5.41) is 11.2. The molecule has 1 atom stereocenters. The van der Waals surface area contributed by atoms with Crippen molar-refractivity contribution in [3.8, 4) is 11.3 Å². The molecular formula is C16H15N5OS. The molecule has 0 saturated carbocycles. The summed E-state index contributed by atoms with van der Waals surface area (Å²) >= 11 is 1.41. The number of aromatic nitrogens is 3. The first-order chi connectivity index (χ1) is 11.2. The van der Waals surface area contributed by atoms with Crippen LogP contribution in [0.15, 0.2) is 29.6 Å². The van der Waals surface area contributed by atoms with Crippen molar-refractivity contribution in [1.82, 2.24) is 19.6 Å². The maximum absolute atomic E-state index is 10.9. The Bertz CT molecular complexity index is 926. The minimum absolute atomic E-state index is 0.291. The van der Waals surface area contributed by atoms with E-state index < -0.39 is 0 Å². The maximum Gasteiger partial charge on any atom is 0.178 e. The van der Waals surface area contributed by atoms with Crippen molar-refractivity contribution in [2.75, 3.05) is 13.6 Å². The summed E-state index contributed by atoms with van der Waals surface area (Å²) in [7, 11) is 1.97. The first kappa shape index (κ1) is 14.1. The van der Waals surface area contributed by atoms with Gasteiger partial charge in [-0.15, -0.1) is 11.3 Å². The van der Waals surface area contributed by atoms with Crippen LogP contribution < -0.4 is 0 Å². The molecule has 0 radical (unpaired) electrons. The Kier molecular flexibility index (Phi) is 3.23. The normalized spacial score (nSPS) is 17.3. The number of hydrogen-bond acceptors (Lipinski definition) is 6. The molecule has 7 heteroatoms. The van der Waals surface area contributed by atoms with Crippen LogP contribution in [0.2, 0.25) is 0 Å². The Morgan fingerprint density at radius 3 is 2.96 bits per heavy atom. The summed E-state index contributed by atoms with van der Waals surface area (Å²) in [6.07, 6.45) is 6.61. The molecule has 0 aliphatic carbocycles. The number of hydrogen-bond donors (Lipinski definition) is 0. The number of nitrogens with zero attached hydrogens (tertiary/aromatic N) is 5. The van der Waals surface area contributed by atoms with E-state index in [-0.39, 0.29) is 0 Å². The van der Waals surface area contributed by atoms with Gasteiger partial charge in [0.05, 0.1) is 17.4 Å². The predicted octanol–water partition coefficient (Wildman–Crippen LogP) is 2.59. The Hall–Kier alpha value is -2.54. The van der Waals surface area contributed by atoms with E-state index in [9.17, 15) is 4.79 Å². The molecule has 0 aromatic carbocycles. The van der Waals surface area contributed by atoms with Crippen LogP contribution in [0.4, 0.5) is 0 Å². The zero-order valence-electron chi connectivity index (χ0n) is 12.8. The third-order valence-corrected chi connectivity index (χ3v) is 4.94. The number of hydrazone groups is 1. The molecule has 0 fully saturated rings. The van der Waals surface area contributed by atoms with Gasteiger partial charge in [-0.2, -0.15) is 10.2 Å². The van der Waals surface area contributed by atoms with E-state index in [1.165, 1.54) is 16.9 Å². The van der Waals surface area contributed by atoms with Gasteiger partial charge in [-0.1, -0.05) is 6.07 Å². The lowest BCUT2D eigenvalue weighted by Crippen LogP contribution is -2.12. The molecule has 1 unspecified atom stereocenters. The number of aldehydes is 1. The van der Waals surface area contributed by atoms with Gasteiger partial charge < -0.3 is 0 Å². The van der Waals surface area contributed by atoms with Crippen LogP contribution in [0.25, 0.3) is 16.8 Å². The Balaban J connectivity index is 1.77. The van der Waals surface area contributed by atoms with Crippen LogP contribution in [0.1, 0.15) is 26.2 Å². The molecule has 1 aliphatic heterocycles. The summed E-state index contributed by atoms with van der Waals surface area (Å²) in [6.45, 7) is 2.86. The lowest BCUT2D eigenvalue weighted by molar-refractivity contribution is 0.112. The molecule has 116 valence electrons. The molecule has 1 aliphatic rings. The Morgan fingerprint density at radius 1 is 1.39 bits per heavy atom. The van der Waals surface area contributed by atoms with Gasteiger partial charge in [-0.3, -0.25) is 9.80 Å². The highest BCUT2D eigenvalue weighted by atomic mass is 32.1. The summed E-state index contributed by atoms with van der Waals surface area (Å²) in [6, 6.07) is 4.17. The number of carbonyl (C=O) groups is 1. The van der Waals surface area contributed by atoms with Crippen molar-refractivity contribution in [3.63, 3.8) is 0 Å². The van der Waals surface area contributed by atoms with Gasteiger partial charge in [-0.25, -0.2) is 9.50 Å². The van der Waals surface area contributed by atoms with Crippen molar-refractivity contribution in [2.45, 2.75) is 12.8 Å². The molecule has 0 saturated heterocycles. The molecule has 4 heterocycles. The van der Waals surface area contributed by atoms with Crippen LogP contribution in [-0.2, 0) is 0 Å². The van der Waals surface area contributed by atoms with Gasteiger partial charge in [0, 0.05) is 42.4 Å². The molecule has 3 aromatic rings. The second kappa shape index (κ2) is 5.27. The monoisotopic (exact) mass is 325 g/mol. The predicted molar refractivity (Wildman–Crippen MR) is 90.3 cm³/mol. The molecule has 0 spiro atoms. The number of carbonyl (C=O) groups excluding carboxylic acids is 1. The molecule has 6 nitrogen and oxygen atoms in total. The second-order valence-corrected chi connectivity index (χ2v) is 6.87. The maximum atomic E-state index is 10.9. The number of fused-ring (bicyclic) bond motifs is 1. The number of likely N-dealkylation sites (N-methyl/N-ethyl adjacent to an activating group) is 1. The lowest BCUT2D eigenvalue weighted by atomic mass is 10.0. The average Bonchev–Trinajstić information content (AvgIpc) is 3.24. The zero-order valence-corrected chi connectivity index (χ0v) is 13.6. The van der Waals surface area contributed by atoms with E-state index in [1.807, 2.05) is 42.1 Å². The van der Waals surface area contributed by atoms with Crippen LogP contribution in [0, 0.1) is 6.92 Å². The fourth-order valence-corrected chi connectivity index (χ4v) is 3.63. The molecule has 3 aromatic heterocycles. The highest BCUT2D eigenvalue weighted by molar-refractivity contribution is 7.13. The van der Waals surface area contributed by atoms with Gasteiger partial charge in [0.15, 0.2) is 11.3 Å². The first-order valence-corrected chi connectivity index (χ1v) is 8.13. The van der Waals surface area contributed by atoms with E-state index >= 15 is 0 Å². The van der Waals surface area contributed by atoms with Crippen molar-refractivity contribution >= 4 is 29.4 Å². The molecule has 0 N–H and O–H groups in total. The Labute approximate surface area is 137 Å². The molecule has 0 amide bonds. The van der Waals surface area contributed by atoms with Gasteiger partial charge in [0.25, 0.3) is 0 Å². The number of rotatable bonds is 3. The van der Waals surface area contributed by atoms with Crippen LogP contribution in [0.5, 0.6) is 0 Å². The highest BCUT2D eigenvalue weighted by Crippen LogP contribution is 2.31. The summed E-state index contributed by atoms with van der Waals surface area (Å²) in [4.78, 5) is 16.4. The van der Waals surface area contributed by atoms with Crippen LogP contribution in [-0.4, -0.2) is 45.7 Å². The fourth-order valence-electron chi connectivity index (χ4n) is 2.88. The smallest absolute Gasteiger partial charge is 0.178 e. The van der Waals surface area contributed by atoms with Crippen LogP contribution in [0.3, 0.4) is 0 Å². The molecule has 4 rings (SSSR count). The van der Waals surface area contributed by atoms with Gasteiger partial charge in [-0.05, 0) is 18.6 Å². The minimum atomic E-state index is 0.291. The van der Waals surface area contributed by atoms with Crippen LogP contribution >= 0.6 is 11.3 Å². The first-order valence-electron chi connectivity index (χ1n) is 7.31. The van der Waals surface area contributed by atoms with Gasteiger partial charge >= 0.3 is 0 Å². The van der Waals surface area contributed by atoms with E-state index in [4.69, 9.17) is 0 Å². The second-order valence-electron chi connectivity index (χ2n) is 5.64. The van der Waals surface area contributed by atoms with Crippen molar-refractivity contribution in [2.24, 2.45) is 5.10 Å². The fraction of sp³-hybridized carbons (Fsp3) is 0.250. The van der Waals surface area contributed by atoms with Crippen molar-refractivity contribution in [3.05, 3.63) is 40.0 Å². The quantitative estimate of drug-likeness (QED) is 0.694. The number of pyridine rings is 1. The standard InChI is InChI=1S/C16H15N5OS/c1-10-16(19-15(9-22)23-10)13-6-18-21-8-11(3-4-14(13)21)12-5-17-20(2)7-12/h3-6,8-9,12H,7H2,1-2H3. The van der Waals surface area contributed by atoms with E-state index in [0.717, 1.165) is 34.5 Å². The largest absolute Gasteiger partial charge is 0.299 e. The lowest BCUT2D eigenvalue weighted by Gasteiger charge is -2.10. The molecular weight excluding hydrogens is 310 g/mol. The topological polar surface area (TPSA) is 62.9 Å². The summed E-state index contributed by atoms with van der Waals surface area (Å²) in [5.41, 5.74) is 3.96. The summed E-state index contributed by atoms with van der Waals surface area (Å²) < 4.78 is 1.87. The van der Waals surface area contributed by atoms with Gasteiger partial charge in [0.2, 0.25) is 0 Å². The van der Waals surface area contributed by atoms with Crippen molar-refractivity contribution in [1.29, 1.82) is 0 Å². The Morgan fingerprint density at radius 2 is 2.26 bits per heavy atom. The third kappa shape index (κ3) is 2.33. The minimum Gasteiger partial charge on any atom is -0.299 e. The van der Waals surface area contributed by atoms with E-state index in [2.05, 4.69) is 27.3 Å². The van der Waals surface area contributed by atoms with E-state index in [0.29, 0.717) is 10.9 Å². The molecule has 0 bridgehead atoms.